The number of carboxylic acid groups (broad SMARTS) is 1. The number of aromatic nitrogens is 1. The van der Waals surface area contributed by atoms with Crippen LogP contribution in [0.1, 0.15) is 30.4 Å². The first-order chi connectivity index (χ1) is 9.40. The smallest absolute Gasteiger partial charge is 0.303 e. The van der Waals surface area contributed by atoms with Crippen molar-refractivity contribution >= 4 is 23.6 Å². The second-order valence-corrected chi connectivity index (χ2v) is 5.79. The van der Waals surface area contributed by atoms with Crippen molar-refractivity contribution in [3.8, 4) is 0 Å². The van der Waals surface area contributed by atoms with Gasteiger partial charge >= 0.3 is 5.97 Å². The van der Waals surface area contributed by atoms with Crippen LogP contribution in [0.15, 0.2) is 4.52 Å². The van der Waals surface area contributed by atoms with Crippen LogP contribution >= 0.6 is 11.8 Å². The molecule has 1 heterocycles. The van der Waals surface area contributed by atoms with Crippen molar-refractivity contribution in [1.82, 2.24) is 10.5 Å². The van der Waals surface area contributed by atoms with Gasteiger partial charge in [0.25, 0.3) is 0 Å². The lowest BCUT2D eigenvalue weighted by molar-refractivity contribution is -0.138. The van der Waals surface area contributed by atoms with Crippen molar-refractivity contribution in [2.45, 2.75) is 32.9 Å². The highest BCUT2D eigenvalue weighted by Gasteiger charge is 2.11. The van der Waals surface area contributed by atoms with Gasteiger partial charge in [-0.3, -0.25) is 9.59 Å². The van der Waals surface area contributed by atoms with Gasteiger partial charge in [-0.1, -0.05) is 12.1 Å². The van der Waals surface area contributed by atoms with E-state index in [0.717, 1.165) is 17.0 Å². The molecule has 1 aromatic heterocycles. The average Bonchev–Trinajstić information content (AvgIpc) is 2.67. The van der Waals surface area contributed by atoms with Gasteiger partial charge in [0.05, 0.1) is 11.4 Å². The van der Waals surface area contributed by atoms with Crippen LogP contribution in [-0.2, 0) is 15.3 Å². The predicted molar refractivity (Wildman–Crippen MR) is 76.6 cm³/mol. The standard InChI is InChI=1S/C13H20N2O4S/c1-8(4-13(17)18)5-14-12(16)7-20-6-11-9(2)15-19-10(11)3/h8H,4-7H2,1-3H3,(H,14,16)(H,17,18). The first kappa shape index (κ1) is 16.6. The second-order valence-electron chi connectivity index (χ2n) is 4.80. The largest absolute Gasteiger partial charge is 0.481 e. The second kappa shape index (κ2) is 7.94. The van der Waals surface area contributed by atoms with Crippen LogP contribution in [0.4, 0.5) is 0 Å². The van der Waals surface area contributed by atoms with Gasteiger partial charge in [-0.2, -0.15) is 0 Å². The van der Waals surface area contributed by atoms with Crippen LogP contribution in [-0.4, -0.2) is 34.4 Å². The third-order valence-electron chi connectivity index (χ3n) is 2.83. The number of carbonyl (C=O) groups excluding carboxylic acids is 1. The fourth-order valence-electron chi connectivity index (χ4n) is 1.66. The maximum absolute atomic E-state index is 11.6. The number of nitrogens with zero attached hydrogens (tertiary/aromatic N) is 1. The molecule has 6 nitrogen and oxygen atoms in total. The van der Waals surface area contributed by atoms with E-state index in [-0.39, 0.29) is 18.2 Å². The van der Waals surface area contributed by atoms with Crippen molar-refractivity contribution in [2.75, 3.05) is 12.3 Å². The van der Waals surface area contributed by atoms with Gasteiger partial charge in [0, 0.05) is 24.3 Å². The van der Waals surface area contributed by atoms with Crippen LogP contribution in [0.5, 0.6) is 0 Å². The van der Waals surface area contributed by atoms with Crippen molar-refractivity contribution < 1.29 is 19.2 Å². The number of hydrogen-bond donors (Lipinski definition) is 2. The van der Waals surface area contributed by atoms with Gasteiger partial charge in [0.2, 0.25) is 5.91 Å². The zero-order valence-electron chi connectivity index (χ0n) is 11.9. The molecule has 1 unspecified atom stereocenters. The summed E-state index contributed by atoms with van der Waals surface area (Å²) in [6.07, 6.45) is 0.0620. The van der Waals surface area contributed by atoms with E-state index in [2.05, 4.69) is 10.5 Å². The molecule has 1 atom stereocenters. The van der Waals surface area contributed by atoms with Crippen LogP contribution in [0.3, 0.4) is 0 Å². The Kier molecular flexibility index (Phi) is 6.57. The highest BCUT2D eigenvalue weighted by atomic mass is 32.2. The number of aliphatic carboxylic acids is 1. The molecule has 0 radical (unpaired) electrons. The Morgan fingerprint density at radius 3 is 2.70 bits per heavy atom. The predicted octanol–water partition coefficient (Wildman–Crippen LogP) is 1.75. The monoisotopic (exact) mass is 300 g/mol. The minimum Gasteiger partial charge on any atom is -0.481 e. The van der Waals surface area contributed by atoms with Crippen LogP contribution in [0.2, 0.25) is 0 Å². The van der Waals surface area contributed by atoms with Gasteiger partial charge in [-0.25, -0.2) is 0 Å². The first-order valence-electron chi connectivity index (χ1n) is 6.38. The Hall–Kier alpha value is -1.50. The molecule has 112 valence electrons. The van der Waals surface area contributed by atoms with E-state index in [0.29, 0.717) is 18.1 Å². The molecule has 20 heavy (non-hydrogen) atoms. The van der Waals surface area contributed by atoms with Gasteiger partial charge < -0.3 is 14.9 Å². The lowest BCUT2D eigenvalue weighted by Crippen LogP contribution is -2.30. The van der Waals surface area contributed by atoms with Gasteiger partial charge in [0.1, 0.15) is 5.76 Å². The summed E-state index contributed by atoms with van der Waals surface area (Å²) in [5, 5.41) is 15.2. The van der Waals surface area contributed by atoms with Crippen molar-refractivity contribution in [2.24, 2.45) is 5.92 Å². The molecule has 2 N–H and O–H groups in total. The molecule has 0 spiro atoms. The Morgan fingerprint density at radius 2 is 2.15 bits per heavy atom. The Bertz CT molecular complexity index is 453. The number of aryl methyl sites for hydroxylation is 2. The number of hydrogen-bond acceptors (Lipinski definition) is 5. The molecule has 0 aromatic carbocycles. The molecule has 0 aliphatic rings. The normalized spacial score (nSPS) is 12.2. The van der Waals surface area contributed by atoms with Crippen molar-refractivity contribution in [1.29, 1.82) is 0 Å². The van der Waals surface area contributed by atoms with E-state index in [1.54, 1.807) is 6.92 Å². The summed E-state index contributed by atoms with van der Waals surface area (Å²) in [7, 11) is 0. The van der Waals surface area contributed by atoms with Crippen LogP contribution in [0, 0.1) is 19.8 Å². The first-order valence-corrected chi connectivity index (χ1v) is 7.53. The lowest BCUT2D eigenvalue weighted by Gasteiger charge is -2.10. The molecule has 0 saturated carbocycles. The van der Waals surface area contributed by atoms with Crippen molar-refractivity contribution in [3.05, 3.63) is 17.0 Å². The topological polar surface area (TPSA) is 92.4 Å². The molecule has 1 amide bonds. The Labute approximate surface area is 122 Å². The maximum atomic E-state index is 11.6. The van der Waals surface area contributed by atoms with E-state index in [1.807, 2.05) is 13.8 Å². The molecule has 1 aromatic rings. The van der Waals surface area contributed by atoms with E-state index in [1.165, 1.54) is 11.8 Å². The van der Waals surface area contributed by atoms with Crippen LogP contribution < -0.4 is 5.32 Å². The average molecular weight is 300 g/mol. The number of amides is 1. The van der Waals surface area contributed by atoms with Gasteiger partial charge in [-0.05, 0) is 19.8 Å². The zero-order chi connectivity index (χ0) is 15.1. The summed E-state index contributed by atoms with van der Waals surface area (Å²) in [6, 6.07) is 0. The fraction of sp³-hybridized carbons (Fsp3) is 0.615. The molecular weight excluding hydrogens is 280 g/mol. The highest BCUT2D eigenvalue weighted by molar-refractivity contribution is 7.99. The Morgan fingerprint density at radius 1 is 1.45 bits per heavy atom. The number of thioether (sulfide) groups is 1. The zero-order valence-corrected chi connectivity index (χ0v) is 12.7. The highest BCUT2D eigenvalue weighted by Crippen LogP contribution is 2.19. The maximum Gasteiger partial charge on any atom is 0.303 e. The SMILES string of the molecule is Cc1noc(C)c1CSCC(=O)NCC(C)CC(=O)O. The molecule has 7 heteroatoms. The summed E-state index contributed by atoms with van der Waals surface area (Å²) in [4.78, 5) is 22.1. The summed E-state index contributed by atoms with van der Waals surface area (Å²) in [5.41, 5.74) is 1.88. The van der Waals surface area contributed by atoms with E-state index in [4.69, 9.17) is 9.63 Å². The lowest BCUT2D eigenvalue weighted by atomic mass is 10.1. The number of rotatable bonds is 8. The summed E-state index contributed by atoms with van der Waals surface area (Å²) >= 11 is 1.48. The summed E-state index contributed by atoms with van der Waals surface area (Å²) in [6.45, 7) is 5.91. The quantitative estimate of drug-likeness (QED) is 0.760. The minimum atomic E-state index is -0.848. The molecule has 1 rings (SSSR count). The number of nitrogens with one attached hydrogen (secondary N) is 1. The molecule has 0 aliphatic heterocycles. The van der Waals surface area contributed by atoms with E-state index in [9.17, 15) is 9.59 Å². The molecular formula is C13H20N2O4S. The van der Waals surface area contributed by atoms with Crippen LogP contribution in [0.25, 0.3) is 0 Å². The minimum absolute atomic E-state index is 0.0620. The third-order valence-corrected chi connectivity index (χ3v) is 3.79. The third kappa shape index (κ3) is 5.64. The summed E-state index contributed by atoms with van der Waals surface area (Å²) in [5.74, 6) is 0.802. The van der Waals surface area contributed by atoms with Crippen molar-refractivity contribution in [3.63, 3.8) is 0 Å². The molecule has 0 saturated heterocycles. The Balaban J connectivity index is 2.22. The molecule has 0 bridgehead atoms. The number of carboxylic acids is 1. The number of carbonyl (C=O) groups is 2. The van der Waals surface area contributed by atoms with Gasteiger partial charge in [0.15, 0.2) is 0 Å². The molecule has 0 fully saturated rings. The molecule has 0 aliphatic carbocycles. The van der Waals surface area contributed by atoms with E-state index < -0.39 is 5.97 Å². The summed E-state index contributed by atoms with van der Waals surface area (Å²) < 4.78 is 5.05. The van der Waals surface area contributed by atoms with Gasteiger partial charge in [-0.15, -0.1) is 11.8 Å². The fourth-order valence-corrected chi connectivity index (χ4v) is 2.67. The van der Waals surface area contributed by atoms with E-state index >= 15 is 0 Å².